The van der Waals surface area contributed by atoms with Crippen molar-refractivity contribution in [1.29, 1.82) is 0 Å². The van der Waals surface area contributed by atoms with Crippen LogP contribution in [-0.4, -0.2) is 17.9 Å². The van der Waals surface area contributed by atoms with Crippen molar-refractivity contribution in [2.45, 2.75) is 56.8 Å². The first-order valence-corrected chi connectivity index (χ1v) is 12.1. The van der Waals surface area contributed by atoms with Crippen molar-refractivity contribution in [3.8, 4) is 0 Å². The number of benzene rings is 2. The van der Waals surface area contributed by atoms with Crippen LogP contribution in [0.1, 0.15) is 64.9 Å². The van der Waals surface area contributed by atoms with Crippen molar-refractivity contribution >= 4 is 5.91 Å². The molecule has 0 aliphatic heterocycles. The molecule has 2 N–H and O–H groups in total. The third-order valence-corrected chi connectivity index (χ3v) is 6.69. The molecule has 190 valence electrons. The highest BCUT2D eigenvalue weighted by Gasteiger charge is 2.32. The van der Waals surface area contributed by atoms with E-state index in [0.29, 0.717) is 24.0 Å². The number of carbonyl (C=O) groups excluding carboxylic acids is 1. The SMILES string of the molecule is CNC(=O)[C@H](N[C@@H](CCc1ccc(C(F)(F)F)nc1)c1ccc2c(c1)CCCC2)c1ccc(F)cc1. The van der Waals surface area contributed by atoms with Gasteiger partial charge in [0.15, 0.2) is 0 Å². The Balaban J connectivity index is 1.61. The quantitative estimate of drug-likeness (QED) is 0.381. The van der Waals surface area contributed by atoms with Crippen LogP contribution in [0.2, 0.25) is 0 Å². The van der Waals surface area contributed by atoms with Gasteiger partial charge in [-0.25, -0.2) is 4.39 Å². The van der Waals surface area contributed by atoms with Gasteiger partial charge >= 0.3 is 6.18 Å². The molecule has 0 unspecified atom stereocenters. The average molecular weight is 500 g/mol. The number of nitrogens with one attached hydrogen (secondary N) is 2. The molecule has 2 aromatic carbocycles. The lowest BCUT2D eigenvalue weighted by Crippen LogP contribution is -2.38. The van der Waals surface area contributed by atoms with Crippen molar-refractivity contribution in [3.05, 3.63) is 100 Å². The minimum absolute atomic E-state index is 0.263. The minimum atomic E-state index is -4.48. The fourth-order valence-corrected chi connectivity index (χ4v) is 4.69. The minimum Gasteiger partial charge on any atom is -0.358 e. The Labute approximate surface area is 208 Å². The molecule has 36 heavy (non-hydrogen) atoms. The van der Waals surface area contributed by atoms with Gasteiger partial charge in [0.2, 0.25) is 5.91 Å². The molecule has 8 heteroatoms. The average Bonchev–Trinajstić information content (AvgIpc) is 2.88. The first-order valence-electron chi connectivity index (χ1n) is 12.1. The number of hydrogen-bond acceptors (Lipinski definition) is 3. The number of pyridine rings is 1. The molecule has 0 bridgehead atoms. The number of nitrogens with zero attached hydrogens (tertiary/aromatic N) is 1. The summed E-state index contributed by atoms with van der Waals surface area (Å²) in [4.78, 5) is 16.4. The first kappa shape index (κ1) is 25.8. The number of aryl methyl sites for hydroxylation is 3. The van der Waals surface area contributed by atoms with Crippen LogP contribution in [0.25, 0.3) is 0 Å². The zero-order chi connectivity index (χ0) is 25.7. The maximum atomic E-state index is 13.5. The fourth-order valence-electron chi connectivity index (χ4n) is 4.69. The Hall–Kier alpha value is -3.26. The van der Waals surface area contributed by atoms with E-state index in [4.69, 9.17) is 0 Å². The Bertz CT molecular complexity index is 1180. The topological polar surface area (TPSA) is 54.0 Å². The number of hydrogen-bond donors (Lipinski definition) is 2. The highest BCUT2D eigenvalue weighted by molar-refractivity contribution is 5.83. The van der Waals surface area contributed by atoms with Crippen LogP contribution < -0.4 is 10.6 Å². The van der Waals surface area contributed by atoms with Crippen molar-refractivity contribution < 1.29 is 22.4 Å². The number of halogens is 4. The number of likely N-dealkylation sites (N-methyl/N-ethyl adjacent to an activating group) is 1. The molecule has 1 aliphatic carbocycles. The van der Waals surface area contributed by atoms with Gasteiger partial charge in [0.25, 0.3) is 0 Å². The molecule has 0 fully saturated rings. The van der Waals surface area contributed by atoms with E-state index in [1.165, 1.54) is 35.5 Å². The summed E-state index contributed by atoms with van der Waals surface area (Å²) in [6, 6.07) is 13.6. The van der Waals surface area contributed by atoms with Crippen molar-refractivity contribution in [3.63, 3.8) is 0 Å². The van der Waals surface area contributed by atoms with Gasteiger partial charge in [-0.3, -0.25) is 15.1 Å². The highest BCUT2D eigenvalue weighted by atomic mass is 19.4. The van der Waals surface area contributed by atoms with Crippen LogP contribution in [0.15, 0.2) is 60.8 Å². The summed E-state index contributed by atoms with van der Waals surface area (Å²) >= 11 is 0. The lowest BCUT2D eigenvalue weighted by molar-refractivity contribution is -0.141. The van der Waals surface area contributed by atoms with E-state index in [1.807, 2.05) is 0 Å². The van der Waals surface area contributed by atoms with Gasteiger partial charge in [0, 0.05) is 19.3 Å². The fraction of sp³-hybridized carbons (Fsp3) is 0.357. The van der Waals surface area contributed by atoms with Crippen LogP contribution in [0.3, 0.4) is 0 Å². The Morgan fingerprint density at radius 1 is 0.972 bits per heavy atom. The smallest absolute Gasteiger partial charge is 0.358 e. The molecule has 1 aromatic heterocycles. The van der Waals surface area contributed by atoms with Crippen LogP contribution >= 0.6 is 0 Å². The van der Waals surface area contributed by atoms with Gasteiger partial charge in [-0.15, -0.1) is 0 Å². The molecule has 1 heterocycles. The normalized spacial score (nSPS) is 15.1. The number of aromatic nitrogens is 1. The zero-order valence-electron chi connectivity index (χ0n) is 20.0. The molecule has 1 amide bonds. The molecular weight excluding hydrogens is 470 g/mol. The van der Waals surface area contributed by atoms with Gasteiger partial charge in [-0.05, 0) is 84.5 Å². The summed E-state index contributed by atoms with van der Waals surface area (Å²) in [6.45, 7) is 0. The highest BCUT2D eigenvalue weighted by Crippen LogP contribution is 2.30. The van der Waals surface area contributed by atoms with Crippen LogP contribution in [0, 0.1) is 5.82 Å². The van der Waals surface area contributed by atoms with Crippen LogP contribution in [0.5, 0.6) is 0 Å². The standard InChI is InChI=1S/C28H29F4N3O/c1-33-27(36)26(20-10-12-23(29)13-11-20)35-24(22-9-8-19-4-2-3-5-21(19)16-22)14-6-18-7-15-25(34-17-18)28(30,31)32/h7-13,15-17,24,26,35H,2-6,14H2,1H3,(H,33,36)/t24-,26+/m0/s1. The molecule has 0 saturated carbocycles. The molecule has 4 nitrogen and oxygen atoms in total. The Morgan fingerprint density at radius 3 is 2.31 bits per heavy atom. The molecule has 1 aliphatic rings. The largest absolute Gasteiger partial charge is 0.433 e. The van der Waals surface area contributed by atoms with E-state index >= 15 is 0 Å². The van der Waals surface area contributed by atoms with E-state index in [9.17, 15) is 22.4 Å². The van der Waals surface area contributed by atoms with Crippen molar-refractivity contribution in [2.24, 2.45) is 0 Å². The van der Waals surface area contributed by atoms with E-state index in [2.05, 4.69) is 33.8 Å². The van der Waals surface area contributed by atoms with Crippen LogP contribution in [-0.2, 0) is 30.2 Å². The second-order valence-electron chi connectivity index (χ2n) is 9.14. The lowest BCUT2D eigenvalue weighted by atomic mass is 9.88. The van der Waals surface area contributed by atoms with E-state index < -0.39 is 23.7 Å². The van der Waals surface area contributed by atoms with Gasteiger partial charge < -0.3 is 5.32 Å². The summed E-state index contributed by atoms with van der Waals surface area (Å²) in [5, 5.41) is 6.10. The number of rotatable bonds is 8. The van der Waals surface area contributed by atoms with Gasteiger partial charge in [-0.1, -0.05) is 36.4 Å². The maximum Gasteiger partial charge on any atom is 0.433 e. The number of fused-ring (bicyclic) bond motifs is 1. The predicted octanol–water partition coefficient (Wildman–Crippen LogP) is 5.87. The van der Waals surface area contributed by atoms with E-state index in [1.54, 1.807) is 19.2 Å². The molecule has 0 spiro atoms. The van der Waals surface area contributed by atoms with E-state index in [0.717, 1.165) is 37.3 Å². The molecular formula is C28H29F4N3O. The number of amides is 1. The summed E-state index contributed by atoms with van der Waals surface area (Å²) in [7, 11) is 1.54. The summed E-state index contributed by atoms with van der Waals surface area (Å²) < 4.78 is 52.2. The molecule has 2 atom stereocenters. The zero-order valence-corrected chi connectivity index (χ0v) is 20.0. The summed E-state index contributed by atoms with van der Waals surface area (Å²) in [5.74, 6) is -0.656. The third kappa shape index (κ3) is 6.29. The van der Waals surface area contributed by atoms with Crippen LogP contribution in [0.4, 0.5) is 17.6 Å². The van der Waals surface area contributed by atoms with Gasteiger partial charge in [0.05, 0.1) is 0 Å². The summed E-state index contributed by atoms with van der Waals surface area (Å²) in [6.07, 6.45) is 2.09. The second kappa shape index (κ2) is 11.2. The molecule has 0 saturated heterocycles. The predicted molar refractivity (Wildman–Crippen MR) is 130 cm³/mol. The van der Waals surface area contributed by atoms with E-state index in [-0.39, 0.29) is 11.9 Å². The molecule has 3 aromatic rings. The molecule has 4 rings (SSSR count). The molecule has 0 radical (unpaired) electrons. The van der Waals surface area contributed by atoms with Gasteiger partial charge in [0.1, 0.15) is 17.6 Å². The Morgan fingerprint density at radius 2 is 1.67 bits per heavy atom. The van der Waals surface area contributed by atoms with Gasteiger partial charge in [-0.2, -0.15) is 13.2 Å². The first-order chi connectivity index (χ1) is 17.2. The Kier molecular flexibility index (Phi) is 8.04. The monoisotopic (exact) mass is 499 g/mol. The third-order valence-electron chi connectivity index (χ3n) is 6.69. The maximum absolute atomic E-state index is 13.5. The lowest BCUT2D eigenvalue weighted by Gasteiger charge is -2.27. The van der Waals surface area contributed by atoms with Crippen molar-refractivity contribution in [2.75, 3.05) is 7.05 Å². The number of alkyl halides is 3. The van der Waals surface area contributed by atoms with Crippen molar-refractivity contribution in [1.82, 2.24) is 15.6 Å². The number of carbonyl (C=O) groups is 1. The second-order valence-corrected chi connectivity index (χ2v) is 9.14. The summed E-state index contributed by atoms with van der Waals surface area (Å²) in [5.41, 5.74) is 4.00.